The smallest absolute Gasteiger partial charge is 0.287 e. The molecule has 1 aromatic carbocycles. The molecule has 0 radical (unpaired) electrons. The lowest BCUT2D eigenvalue weighted by Gasteiger charge is -2.13. The van der Waals surface area contributed by atoms with Crippen LogP contribution in [0.4, 0.5) is 13.2 Å². The van der Waals surface area contributed by atoms with Crippen LogP contribution in [0.2, 0.25) is 0 Å². The molecule has 0 aliphatic rings. The van der Waals surface area contributed by atoms with Gasteiger partial charge in [-0.25, -0.2) is 8.42 Å². The van der Waals surface area contributed by atoms with Crippen molar-refractivity contribution in [3.8, 4) is 0 Å². The SMILES string of the molecule is CS(C)=C(C(=O)c1ccccc1)S(=O)(=O)C(F)(F)F. The molecular weight excluding hydrogens is 301 g/mol. The van der Waals surface area contributed by atoms with E-state index >= 15 is 0 Å². The fourth-order valence-electron chi connectivity index (χ4n) is 1.34. The van der Waals surface area contributed by atoms with Crippen molar-refractivity contribution in [3.05, 3.63) is 35.9 Å². The molecule has 106 valence electrons. The van der Waals surface area contributed by atoms with Crippen molar-refractivity contribution in [1.29, 1.82) is 0 Å². The highest BCUT2D eigenvalue weighted by molar-refractivity contribution is 8.32. The standard InChI is InChI=1S/C11H11F3O3S2/c1-18(2)10(19(16,17)11(12,13)14)9(15)8-6-4-3-5-7-8/h3-7H,1-2H3. The zero-order chi connectivity index (χ0) is 14.8. The Balaban J connectivity index is 3.44. The van der Waals surface area contributed by atoms with Crippen LogP contribution >= 0.6 is 10.5 Å². The van der Waals surface area contributed by atoms with Crippen molar-refractivity contribution in [1.82, 2.24) is 0 Å². The van der Waals surface area contributed by atoms with Crippen molar-refractivity contribution < 1.29 is 26.4 Å². The number of Topliss-reactive ketones (excluding diaryl/α,β-unsaturated/α-hetero) is 1. The fourth-order valence-corrected chi connectivity index (χ4v) is 4.44. The topological polar surface area (TPSA) is 51.2 Å². The summed E-state index contributed by atoms with van der Waals surface area (Å²) in [4.78, 5) is 12.0. The van der Waals surface area contributed by atoms with Gasteiger partial charge in [0, 0.05) is 5.56 Å². The summed E-state index contributed by atoms with van der Waals surface area (Å²) in [7, 11) is -6.95. The van der Waals surface area contributed by atoms with E-state index in [9.17, 15) is 26.4 Å². The minimum absolute atomic E-state index is 0.0773. The zero-order valence-corrected chi connectivity index (χ0v) is 11.7. The summed E-state index contributed by atoms with van der Waals surface area (Å²) in [5.41, 5.74) is -5.55. The number of carbonyl (C=O) groups excluding carboxylic acids is 1. The largest absolute Gasteiger partial charge is 0.502 e. The number of benzene rings is 1. The van der Waals surface area contributed by atoms with Gasteiger partial charge in [-0.2, -0.15) is 23.7 Å². The Bertz CT molecular complexity index is 612. The van der Waals surface area contributed by atoms with Crippen molar-refractivity contribution in [2.75, 3.05) is 12.5 Å². The number of ketones is 1. The molecular formula is C11H11F3O3S2. The van der Waals surface area contributed by atoms with Crippen LogP contribution in [0.1, 0.15) is 10.4 Å². The number of rotatable bonds is 2. The van der Waals surface area contributed by atoms with E-state index in [-0.39, 0.29) is 5.56 Å². The Morgan fingerprint density at radius 2 is 1.58 bits per heavy atom. The van der Waals surface area contributed by atoms with Crippen molar-refractivity contribution in [2.45, 2.75) is 5.51 Å². The first kappa shape index (κ1) is 15.9. The third-order valence-corrected chi connectivity index (χ3v) is 6.01. The third kappa shape index (κ3) is 3.24. The summed E-state index contributed by atoms with van der Waals surface area (Å²) in [5, 5.41) is 0. The van der Waals surface area contributed by atoms with E-state index in [1.165, 1.54) is 36.8 Å². The average molecular weight is 312 g/mol. The van der Waals surface area contributed by atoms with Crippen LogP contribution in [0.25, 0.3) is 0 Å². The lowest BCUT2D eigenvalue weighted by atomic mass is 10.2. The van der Waals surface area contributed by atoms with E-state index in [0.717, 1.165) is 0 Å². The van der Waals surface area contributed by atoms with Gasteiger partial charge in [0.15, 0.2) is 0 Å². The predicted molar refractivity (Wildman–Crippen MR) is 70.2 cm³/mol. The summed E-state index contributed by atoms with van der Waals surface area (Å²) in [5.74, 6) is -1.11. The van der Waals surface area contributed by atoms with E-state index in [0.29, 0.717) is 0 Å². The summed E-state index contributed by atoms with van der Waals surface area (Å²) in [6.07, 6.45) is 2.53. The van der Waals surface area contributed by atoms with E-state index < -0.39 is 35.8 Å². The number of hydrogen-bond acceptors (Lipinski definition) is 3. The maximum absolute atomic E-state index is 12.6. The van der Waals surface area contributed by atoms with Crippen LogP contribution in [0, 0.1) is 0 Å². The highest BCUT2D eigenvalue weighted by atomic mass is 32.3. The molecule has 0 unspecified atom stereocenters. The van der Waals surface area contributed by atoms with Crippen LogP contribution in [-0.4, -0.2) is 36.4 Å². The van der Waals surface area contributed by atoms with Gasteiger partial charge in [-0.05, 0) is 12.5 Å². The van der Waals surface area contributed by atoms with Gasteiger partial charge < -0.3 is 0 Å². The Kier molecular flexibility index (Phi) is 4.57. The van der Waals surface area contributed by atoms with Crippen LogP contribution < -0.4 is 0 Å². The van der Waals surface area contributed by atoms with Crippen LogP contribution in [-0.2, 0) is 9.84 Å². The summed E-state index contributed by atoms with van der Waals surface area (Å²) >= 11 is 0. The fraction of sp³-hybridized carbons (Fsp3) is 0.273. The van der Waals surface area contributed by atoms with Gasteiger partial charge in [-0.3, -0.25) is 4.79 Å². The second-order valence-electron chi connectivity index (χ2n) is 3.75. The maximum Gasteiger partial charge on any atom is 0.502 e. The van der Waals surface area contributed by atoms with Gasteiger partial charge in [-0.15, -0.1) is 0 Å². The van der Waals surface area contributed by atoms with Gasteiger partial charge in [-0.1, -0.05) is 30.3 Å². The second kappa shape index (κ2) is 5.46. The highest BCUT2D eigenvalue weighted by Crippen LogP contribution is 2.29. The summed E-state index contributed by atoms with van der Waals surface area (Å²) in [6, 6.07) is 7.04. The molecule has 0 atom stereocenters. The number of carbonyl (C=O) groups is 1. The number of hydrogen-bond donors (Lipinski definition) is 0. The average Bonchev–Trinajstić information content (AvgIpc) is 2.27. The minimum atomic E-state index is -5.61. The molecule has 3 nitrogen and oxygen atoms in total. The molecule has 0 aliphatic carbocycles. The number of halogens is 3. The Morgan fingerprint density at radius 3 is 1.95 bits per heavy atom. The molecule has 0 saturated heterocycles. The Morgan fingerprint density at radius 1 is 1.11 bits per heavy atom. The molecule has 19 heavy (non-hydrogen) atoms. The van der Waals surface area contributed by atoms with Crippen molar-refractivity contribution in [3.63, 3.8) is 0 Å². The minimum Gasteiger partial charge on any atom is -0.287 e. The molecule has 1 rings (SSSR count). The molecule has 1 aromatic rings. The highest BCUT2D eigenvalue weighted by Gasteiger charge is 2.50. The van der Waals surface area contributed by atoms with Gasteiger partial charge in [0.2, 0.25) is 5.78 Å². The molecule has 0 spiro atoms. The third-order valence-electron chi connectivity index (χ3n) is 2.14. The van der Waals surface area contributed by atoms with E-state index in [2.05, 4.69) is 0 Å². The van der Waals surface area contributed by atoms with E-state index in [4.69, 9.17) is 0 Å². The quantitative estimate of drug-likeness (QED) is 0.622. The Hall–Kier alpha value is -1.15. The molecule has 0 heterocycles. The first-order valence-corrected chi connectivity index (χ1v) is 8.47. The predicted octanol–water partition coefficient (Wildman–Crippen LogP) is 2.46. The first-order valence-electron chi connectivity index (χ1n) is 4.94. The molecule has 0 bridgehead atoms. The van der Waals surface area contributed by atoms with Gasteiger partial charge in [0.1, 0.15) is 4.20 Å². The van der Waals surface area contributed by atoms with Crippen LogP contribution in [0.3, 0.4) is 0 Å². The lowest BCUT2D eigenvalue weighted by molar-refractivity contribution is -0.0417. The first-order chi connectivity index (χ1) is 8.59. The summed E-state index contributed by atoms with van der Waals surface area (Å²) in [6.45, 7) is 0. The van der Waals surface area contributed by atoms with Crippen molar-refractivity contribution in [2.24, 2.45) is 0 Å². The molecule has 0 fully saturated rings. The Labute approximate surface area is 111 Å². The lowest BCUT2D eigenvalue weighted by Crippen LogP contribution is -2.35. The second-order valence-corrected chi connectivity index (χ2v) is 7.93. The van der Waals surface area contributed by atoms with Gasteiger partial charge >= 0.3 is 5.51 Å². The summed E-state index contributed by atoms with van der Waals surface area (Å²) < 4.78 is 59.4. The molecule has 0 saturated carbocycles. The maximum atomic E-state index is 12.6. The van der Waals surface area contributed by atoms with Gasteiger partial charge in [0.05, 0.1) is 0 Å². The molecule has 0 amide bonds. The van der Waals surface area contributed by atoms with Gasteiger partial charge in [0.25, 0.3) is 9.84 Å². The van der Waals surface area contributed by atoms with Crippen LogP contribution in [0.15, 0.2) is 30.3 Å². The molecule has 0 aliphatic heterocycles. The van der Waals surface area contributed by atoms with Crippen LogP contribution in [0.5, 0.6) is 0 Å². The molecule has 0 aromatic heterocycles. The number of alkyl halides is 3. The van der Waals surface area contributed by atoms with E-state index in [1.807, 2.05) is 0 Å². The molecule has 8 heteroatoms. The molecule has 0 N–H and O–H groups in total. The zero-order valence-electron chi connectivity index (χ0n) is 10.1. The normalized spacial score (nSPS) is 12.5. The van der Waals surface area contributed by atoms with E-state index in [1.54, 1.807) is 6.07 Å². The monoisotopic (exact) mass is 312 g/mol. The number of sulfone groups is 1. The van der Waals surface area contributed by atoms with Crippen molar-refractivity contribution >= 4 is 30.3 Å².